The third-order valence-corrected chi connectivity index (χ3v) is 8.74. The maximum atomic E-state index is 6.26. The van der Waals surface area contributed by atoms with E-state index >= 15 is 0 Å². The van der Waals surface area contributed by atoms with Crippen LogP contribution < -0.4 is 0 Å². The second-order valence-electron chi connectivity index (χ2n) is 6.93. The summed E-state index contributed by atoms with van der Waals surface area (Å²) in [4.78, 5) is 0. The Hall–Kier alpha value is -0.643. The van der Waals surface area contributed by atoms with Gasteiger partial charge in [0.05, 0.1) is 6.61 Å². The number of hydrogen-bond donors (Lipinski definition) is 0. The molecule has 4 nitrogen and oxygen atoms in total. The summed E-state index contributed by atoms with van der Waals surface area (Å²) in [6.07, 6.45) is 8.36. The Kier molecular flexibility index (Phi) is 7.30. The molecule has 1 rings (SSSR count). The largest absolute Gasteiger partial charge is 0.414 e. The van der Waals surface area contributed by atoms with Gasteiger partial charge in [-0.2, -0.15) is 0 Å². The molecule has 3 atom stereocenters. The molecule has 1 heterocycles. The molecule has 5 heteroatoms. The number of ether oxygens (including phenoxy) is 3. The van der Waals surface area contributed by atoms with Crippen molar-refractivity contribution in [1.29, 1.82) is 0 Å². The van der Waals surface area contributed by atoms with Crippen molar-refractivity contribution in [2.24, 2.45) is 0 Å². The predicted octanol–water partition coefficient (Wildman–Crippen LogP) is 3.34. The number of terminal acetylenes is 1. The van der Waals surface area contributed by atoms with E-state index in [2.05, 4.69) is 39.8 Å². The molecule has 0 radical (unpaired) electrons. The van der Waals surface area contributed by atoms with Crippen LogP contribution in [-0.2, 0) is 18.6 Å². The van der Waals surface area contributed by atoms with E-state index in [9.17, 15) is 0 Å². The van der Waals surface area contributed by atoms with Gasteiger partial charge in [0.15, 0.2) is 14.6 Å². The lowest BCUT2D eigenvalue weighted by atomic mass is 10.1. The fourth-order valence-corrected chi connectivity index (χ4v) is 2.84. The minimum atomic E-state index is -1.83. The highest BCUT2D eigenvalue weighted by atomic mass is 28.4. The van der Waals surface area contributed by atoms with Crippen LogP contribution in [0.2, 0.25) is 18.1 Å². The Bertz CT molecular complexity index is 406. The van der Waals surface area contributed by atoms with Crippen LogP contribution in [0.5, 0.6) is 0 Å². The molecule has 0 aromatic heterocycles. The number of rotatable bonds is 7. The fraction of sp³-hybridized carbons (Fsp3) is 0.765. The van der Waals surface area contributed by atoms with Gasteiger partial charge in [-0.25, -0.2) is 0 Å². The molecule has 1 aliphatic heterocycles. The van der Waals surface area contributed by atoms with Crippen molar-refractivity contribution in [2.45, 2.75) is 64.3 Å². The second kappa shape index (κ2) is 8.28. The van der Waals surface area contributed by atoms with Gasteiger partial charge >= 0.3 is 0 Å². The second-order valence-corrected chi connectivity index (χ2v) is 11.7. The summed E-state index contributed by atoms with van der Waals surface area (Å²) in [6, 6.07) is 0. The molecule has 0 saturated heterocycles. The summed E-state index contributed by atoms with van der Waals surface area (Å²) in [5.41, 5.74) is 0. The Labute approximate surface area is 136 Å². The topological polar surface area (TPSA) is 36.9 Å². The van der Waals surface area contributed by atoms with Crippen LogP contribution in [-0.4, -0.2) is 46.6 Å². The van der Waals surface area contributed by atoms with Crippen molar-refractivity contribution < 1.29 is 18.6 Å². The summed E-state index contributed by atoms with van der Waals surface area (Å²) in [6.45, 7) is 14.4. The SMILES string of the molecule is C#CCO[C@H]1C=C[C@@H](OCC)O[C@@H]1CO[Si](C)(C)C(C)(C)C. The highest BCUT2D eigenvalue weighted by Crippen LogP contribution is 2.37. The van der Waals surface area contributed by atoms with Crippen molar-refractivity contribution in [3.05, 3.63) is 12.2 Å². The fourth-order valence-electron chi connectivity index (χ4n) is 1.83. The van der Waals surface area contributed by atoms with E-state index in [0.29, 0.717) is 13.2 Å². The van der Waals surface area contributed by atoms with Crippen molar-refractivity contribution in [3.8, 4) is 12.3 Å². The average molecular weight is 327 g/mol. The molecule has 0 fully saturated rings. The van der Waals surface area contributed by atoms with Crippen LogP contribution >= 0.6 is 0 Å². The van der Waals surface area contributed by atoms with Gasteiger partial charge in [0.1, 0.15) is 18.8 Å². The Balaban J connectivity index is 2.70. The van der Waals surface area contributed by atoms with Crippen molar-refractivity contribution in [1.82, 2.24) is 0 Å². The quantitative estimate of drug-likeness (QED) is 0.408. The summed E-state index contributed by atoms with van der Waals surface area (Å²) in [5, 5.41) is 0.159. The van der Waals surface area contributed by atoms with E-state index in [-0.39, 0.29) is 30.1 Å². The van der Waals surface area contributed by atoms with Gasteiger partial charge in [-0.3, -0.25) is 0 Å². The lowest BCUT2D eigenvalue weighted by Crippen LogP contribution is -2.47. The molecule has 0 amide bonds. The van der Waals surface area contributed by atoms with Gasteiger partial charge in [-0.15, -0.1) is 6.42 Å². The van der Waals surface area contributed by atoms with Gasteiger partial charge in [-0.05, 0) is 31.1 Å². The van der Waals surface area contributed by atoms with Crippen LogP contribution in [0, 0.1) is 12.3 Å². The van der Waals surface area contributed by atoms with Crippen LogP contribution in [0.1, 0.15) is 27.7 Å². The minimum Gasteiger partial charge on any atom is -0.414 e. The Morgan fingerprint density at radius 1 is 1.23 bits per heavy atom. The van der Waals surface area contributed by atoms with Gasteiger partial charge in [-0.1, -0.05) is 32.8 Å². The van der Waals surface area contributed by atoms with E-state index in [0.717, 1.165) is 0 Å². The molecule has 0 aromatic rings. The molecule has 0 bridgehead atoms. The summed E-state index contributed by atoms with van der Waals surface area (Å²) >= 11 is 0. The average Bonchev–Trinajstić information content (AvgIpc) is 2.43. The molecule has 0 N–H and O–H groups in total. The molecule has 0 spiro atoms. The van der Waals surface area contributed by atoms with Gasteiger partial charge in [0, 0.05) is 6.61 Å². The smallest absolute Gasteiger partial charge is 0.192 e. The lowest BCUT2D eigenvalue weighted by molar-refractivity contribution is -0.182. The van der Waals surface area contributed by atoms with Crippen LogP contribution in [0.3, 0.4) is 0 Å². The van der Waals surface area contributed by atoms with E-state index in [1.165, 1.54) is 0 Å². The highest BCUT2D eigenvalue weighted by Gasteiger charge is 2.39. The van der Waals surface area contributed by atoms with Crippen molar-refractivity contribution in [3.63, 3.8) is 0 Å². The first-order valence-electron chi connectivity index (χ1n) is 7.85. The van der Waals surface area contributed by atoms with Crippen molar-refractivity contribution >= 4 is 8.32 Å². The van der Waals surface area contributed by atoms with Crippen LogP contribution in [0.25, 0.3) is 0 Å². The minimum absolute atomic E-state index is 0.159. The zero-order valence-electron chi connectivity index (χ0n) is 14.7. The number of hydrogen-bond acceptors (Lipinski definition) is 4. The monoisotopic (exact) mass is 326 g/mol. The summed E-state index contributed by atoms with van der Waals surface area (Å²) < 4.78 is 23.4. The zero-order chi connectivity index (χ0) is 16.8. The lowest BCUT2D eigenvalue weighted by Gasteiger charge is -2.39. The third kappa shape index (κ3) is 5.53. The first-order chi connectivity index (χ1) is 10.2. The summed E-state index contributed by atoms with van der Waals surface area (Å²) in [5.74, 6) is 2.49. The zero-order valence-corrected chi connectivity index (χ0v) is 15.7. The van der Waals surface area contributed by atoms with Crippen LogP contribution in [0.4, 0.5) is 0 Å². The van der Waals surface area contributed by atoms with E-state index < -0.39 is 8.32 Å². The maximum Gasteiger partial charge on any atom is 0.192 e. The molecule has 0 aromatic carbocycles. The molecule has 126 valence electrons. The van der Waals surface area contributed by atoms with E-state index in [4.69, 9.17) is 25.1 Å². The van der Waals surface area contributed by atoms with Gasteiger partial charge in [0.25, 0.3) is 0 Å². The van der Waals surface area contributed by atoms with Gasteiger partial charge in [0.2, 0.25) is 0 Å². The Morgan fingerprint density at radius 3 is 2.45 bits per heavy atom. The third-order valence-electron chi connectivity index (χ3n) is 4.24. The Morgan fingerprint density at radius 2 is 1.91 bits per heavy atom. The molecule has 1 aliphatic rings. The first kappa shape index (κ1) is 19.4. The maximum absolute atomic E-state index is 6.26. The first-order valence-corrected chi connectivity index (χ1v) is 10.8. The standard InChI is InChI=1S/C17H30O4Si/c1-8-12-19-14-10-11-16(18-9-2)21-15(14)13-20-22(6,7)17(3,4)5/h1,10-11,14-16H,9,12-13H2,2-7H3/t14-,15+,16-/m0/s1. The van der Waals surface area contributed by atoms with E-state index in [1.807, 2.05) is 19.1 Å². The summed E-state index contributed by atoms with van der Waals surface area (Å²) in [7, 11) is -1.83. The molecule has 0 saturated carbocycles. The molecule has 22 heavy (non-hydrogen) atoms. The molecule has 0 aliphatic carbocycles. The molecular weight excluding hydrogens is 296 g/mol. The predicted molar refractivity (Wildman–Crippen MR) is 91.1 cm³/mol. The highest BCUT2D eigenvalue weighted by molar-refractivity contribution is 6.74. The van der Waals surface area contributed by atoms with Crippen LogP contribution in [0.15, 0.2) is 12.2 Å². The molecular formula is C17H30O4Si. The molecule has 0 unspecified atom stereocenters. The van der Waals surface area contributed by atoms with E-state index in [1.54, 1.807) is 0 Å². The van der Waals surface area contributed by atoms with Crippen molar-refractivity contribution in [2.75, 3.05) is 19.8 Å². The normalized spacial score (nSPS) is 26.0. The van der Waals surface area contributed by atoms with Gasteiger partial charge < -0.3 is 18.6 Å².